The average molecular weight is 537 g/mol. The number of benzene rings is 1. The number of phenols is 1. The number of amides is 3. The van der Waals surface area contributed by atoms with Gasteiger partial charge >= 0.3 is 5.97 Å². The molecule has 3 amide bonds. The minimum Gasteiger partial charge on any atom is -0.508 e. The van der Waals surface area contributed by atoms with Crippen molar-refractivity contribution in [1.29, 1.82) is 0 Å². The van der Waals surface area contributed by atoms with Crippen molar-refractivity contribution in [3.05, 3.63) is 29.8 Å². The molecule has 38 heavy (non-hydrogen) atoms. The molecule has 12 nitrogen and oxygen atoms in total. The van der Waals surface area contributed by atoms with E-state index in [2.05, 4.69) is 16.0 Å². The van der Waals surface area contributed by atoms with Gasteiger partial charge in [-0.15, -0.1) is 0 Å². The van der Waals surface area contributed by atoms with Crippen LogP contribution in [0.3, 0.4) is 0 Å². The molecule has 0 aliphatic rings. The van der Waals surface area contributed by atoms with Crippen LogP contribution in [-0.2, 0) is 25.6 Å². The Morgan fingerprint density at radius 1 is 0.789 bits per heavy atom. The van der Waals surface area contributed by atoms with Gasteiger partial charge in [0, 0.05) is 6.42 Å². The maximum atomic E-state index is 13.3. The molecule has 1 aromatic rings. The molecule has 214 valence electrons. The number of carbonyl (C=O) groups is 4. The minimum atomic E-state index is -1.20. The summed E-state index contributed by atoms with van der Waals surface area (Å²) in [7, 11) is 0. The second-order valence-corrected chi connectivity index (χ2v) is 9.74. The van der Waals surface area contributed by atoms with Crippen molar-refractivity contribution in [3.63, 3.8) is 0 Å². The third-order valence-electron chi connectivity index (χ3n) is 6.13. The number of rotatable bonds is 18. The summed E-state index contributed by atoms with van der Waals surface area (Å²) in [4.78, 5) is 50.8. The van der Waals surface area contributed by atoms with Crippen LogP contribution in [0.25, 0.3) is 0 Å². The topological polar surface area (TPSA) is 223 Å². The molecule has 0 heterocycles. The molecular formula is C26H44N6O6. The second kappa shape index (κ2) is 17.3. The number of aliphatic carboxylic acids is 1. The second-order valence-electron chi connectivity index (χ2n) is 9.74. The summed E-state index contributed by atoms with van der Waals surface area (Å²) in [5.41, 5.74) is 17.7. The highest BCUT2D eigenvalue weighted by atomic mass is 16.4. The number of nitrogens with one attached hydrogen (secondary N) is 3. The molecule has 0 aliphatic carbocycles. The molecule has 0 bridgehead atoms. The third kappa shape index (κ3) is 11.9. The average Bonchev–Trinajstić information content (AvgIpc) is 2.86. The lowest BCUT2D eigenvalue weighted by Crippen LogP contribution is -2.58. The summed E-state index contributed by atoms with van der Waals surface area (Å²) in [6, 6.07) is 2.01. The maximum absolute atomic E-state index is 13.3. The Balaban J connectivity index is 3.10. The Bertz CT molecular complexity index is 895. The van der Waals surface area contributed by atoms with Crippen molar-refractivity contribution in [2.45, 2.75) is 83.0 Å². The first-order valence-electron chi connectivity index (χ1n) is 13.1. The first-order valence-corrected chi connectivity index (χ1v) is 13.1. The van der Waals surface area contributed by atoms with Gasteiger partial charge in [0.05, 0.1) is 6.04 Å². The molecule has 11 N–H and O–H groups in total. The molecule has 0 radical (unpaired) electrons. The van der Waals surface area contributed by atoms with Crippen molar-refractivity contribution < 1.29 is 29.4 Å². The molecule has 4 unspecified atom stereocenters. The van der Waals surface area contributed by atoms with E-state index in [-0.39, 0.29) is 18.6 Å². The lowest BCUT2D eigenvalue weighted by Gasteiger charge is -2.26. The van der Waals surface area contributed by atoms with E-state index in [0.29, 0.717) is 44.3 Å². The Hall–Kier alpha value is -3.22. The van der Waals surface area contributed by atoms with E-state index >= 15 is 0 Å². The highest BCUT2D eigenvalue weighted by Gasteiger charge is 2.31. The van der Waals surface area contributed by atoms with Gasteiger partial charge in [-0.2, -0.15) is 0 Å². The zero-order valence-corrected chi connectivity index (χ0v) is 22.3. The smallest absolute Gasteiger partial charge is 0.326 e. The Labute approximate surface area is 224 Å². The highest BCUT2D eigenvalue weighted by molar-refractivity contribution is 5.94. The number of unbranched alkanes of at least 4 members (excludes halogenated alkanes) is 2. The Kier molecular flexibility index (Phi) is 15.0. The summed E-state index contributed by atoms with van der Waals surface area (Å²) in [5.74, 6) is -3.32. The van der Waals surface area contributed by atoms with Crippen LogP contribution in [0.1, 0.15) is 57.9 Å². The molecule has 0 fully saturated rings. The van der Waals surface area contributed by atoms with Crippen LogP contribution in [0.4, 0.5) is 0 Å². The molecule has 1 rings (SSSR count). The first-order chi connectivity index (χ1) is 18.0. The maximum Gasteiger partial charge on any atom is 0.326 e. The number of carboxylic acids is 1. The van der Waals surface area contributed by atoms with Crippen LogP contribution in [0.5, 0.6) is 5.75 Å². The predicted octanol–water partition coefficient (Wildman–Crippen LogP) is -0.285. The van der Waals surface area contributed by atoms with Crippen molar-refractivity contribution in [1.82, 2.24) is 16.0 Å². The van der Waals surface area contributed by atoms with Gasteiger partial charge in [-0.25, -0.2) is 4.79 Å². The Morgan fingerprint density at radius 2 is 1.32 bits per heavy atom. The lowest BCUT2D eigenvalue weighted by atomic mass is 10.0. The van der Waals surface area contributed by atoms with Gasteiger partial charge in [0.2, 0.25) is 17.7 Å². The highest BCUT2D eigenvalue weighted by Crippen LogP contribution is 2.13. The summed E-state index contributed by atoms with van der Waals surface area (Å²) < 4.78 is 0. The molecule has 0 aliphatic heterocycles. The van der Waals surface area contributed by atoms with Gasteiger partial charge in [0.15, 0.2) is 0 Å². The first kappa shape index (κ1) is 32.8. The molecule has 4 atom stereocenters. The number of hydrogen-bond donors (Lipinski definition) is 8. The molecule has 0 spiro atoms. The quantitative estimate of drug-likeness (QED) is 0.115. The van der Waals surface area contributed by atoms with Gasteiger partial charge in [-0.1, -0.05) is 32.4 Å². The van der Waals surface area contributed by atoms with Crippen LogP contribution in [0.2, 0.25) is 0 Å². The van der Waals surface area contributed by atoms with Crippen molar-refractivity contribution >= 4 is 23.7 Å². The van der Waals surface area contributed by atoms with Crippen LogP contribution >= 0.6 is 0 Å². The monoisotopic (exact) mass is 536 g/mol. The van der Waals surface area contributed by atoms with E-state index in [1.807, 2.05) is 0 Å². The molecule has 0 aromatic heterocycles. The fourth-order valence-corrected chi connectivity index (χ4v) is 3.80. The largest absolute Gasteiger partial charge is 0.508 e. The van der Waals surface area contributed by atoms with Gasteiger partial charge in [-0.05, 0) is 68.8 Å². The van der Waals surface area contributed by atoms with Gasteiger partial charge in [-0.3, -0.25) is 14.4 Å². The van der Waals surface area contributed by atoms with Gasteiger partial charge in [0.25, 0.3) is 0 Å². The molecular weight excluding hydrogens is 492 g/mol. The van der Waals surface area contributed by atoms with Crippen molar-refractivity contribution in [3.8, 4) is 5.75 Å². The number of aromatic hydroxyl groups is 1. The molecule has 0 saturated carbocycles. The molecule has 0 saturated heterocycles. The van der Waals surface area contributed by atoms with E-state index < -0.39 is 53.8 Å². The van der Waals surface area contributed by atoms with Gasteiger partial charge in [0.1, 0.15) is 23.9 Å². The van der Waals surface area contributed by atoms with Gasteiger partial charge < -0.3 is 43.4 Å². The van der Waals surface area contributed by atoms with Crippen molar-refractivity contribution in [2.24, 2.45) is 23.1 Å². The predicted molar refractivity (Wildman–Crippen MR) is 144 cm³/mol. The minimum absolute atomic E-state index is 0.0321. The standard InChI is InChI=1S/C26H44N6O6/c1-16(2)22(26(37)38)32-25(36)21(15-17-9-11-18(33)12-10-17)31-24(35)20(8-4-6-14-28)30-23(34)19(29)7-3-5-13-27/h9-12,16,19-22,33H,3-8,13-15,27-29H2,1-2H3,(H,30,34)(H,31,35)(H,32,36)(H,37,38). The van der Waals surface area contributed by atoms with Crippen LogP contribution in [0.15, 0.2) is 24.3 Å². The molecule has 1 aromatic carbocycles. The zero-order valence-electron chi connectivity index (χ0n) is 22.3. The number of carboxylic acid groups (broad SMARTS) is 1. The fourth-order valence-electron chi connectivity index (χ4n) is 3.80. The lowest BCUT2D eigenvalue weighted by molar-refractivity contribution is -0.143. The van der Waals surface area contributed by atoms with E-state index in [0.717, 1.165) is 6.42 Å². The van der Waals surface area contributed by atoms with Crippen molar-refractivity contribution in [2.75, 3.05) is 13.1 Å². The van der Waals surface area contributed by atoms with Crippen LogP contribution < -0.4 is 33.2 Å². The van der Waals surface area contributed by atoms with E-state index in [1.54, 1.807) is 26.0 Å². The van der Waals surface area contributed by atoms with Crippen LogP contribution in [0, 0.1) is 5.92 Å². The zero-order chi connectivity index (χ0) is 28.7. The molecule has 12 heteroatoms. The summed E-state index contributed by atoms with van der Waals surface area (Å²) in [6.45, 7) is 4.22. The normalized spacial score (nSPS) is 14.3. The van der Waals surface area contributed by atoms with Crippen LogP contribution in [-0.4, -0.2) is 71.2 Å². The van der Waals surface area contributed by atoms with E-state index in [9.17, 15) is 29.4 Å². The summed E-state index contributed by atoms with van der Waals surface area (Å²) >= 11 is 0. The number of phenolic OH excluding ortho intramolecular Hbond substituents is 1. The SMILES string of the molecule is CC(C)C(NC(=O)C(Cc1ccc(O)cc1)NC(=O)C(CCCCN)NC(=O)C(N)CCCCN)C(=O)O. The summed E-state index contributed by atoms with van der Waals surface area (Å²) in [6.07, 6.45) is 3.31. The Morgan fingerprint density at radius 3 is 1.84 bits per heavy atom. The number of hydrogen-bond acceptors (Lipinski definition) is 8. The number of carbonyl (C=O) groups excluding carboxylic acids is 3. The third-order valence-corrected chi connectivity index (χ3v) is 6.13. The summed E-state index contributed by atoms with van der Waals surface area (Å²) in [5, 5.41) is 26.9. The fraction of sp³-hybridized carbons (Fsp3) is 0.615. The number of nitrogens with two attached hydrogens (primary N) is 3. The van der Waals surface area contributed by atoms with E-state index in [4.69, 9.17) is 17.2 Å². The van der Waals surface area contributed by atoms with E-state index in [1.165, 1.54) is 12.1 Å².